The lowest BCUT2D eigenvalue weighted by Crippen LogP contribution is -2.33. The second-order valence-corrected chi connectivity index (χ2v) is 6.36. The Balaban J connectivity index is 2.19. The van der Waals surface area contributed by atoms with E-state index in [-0.39, 0.29) is 17.2 Å². The maximum Gasteiger partial charge on any atom is 0.277 e. The fraction of sp³-hybridized carbons (Fsp3) is 0.227. The Morgan fingerprint density at radius 1 is 0.963 bits per heavy atom. The second kappa shape index (κ2) is 8.45. The summed E-state index contributed by atoms with van der Waals surface area (Å²) in [6.45, 7) is 2.63. The van der Waals surface area contributed by atoms with Crippen LogP contribution in [0.15, 0.2) is 65.5 Å². The zero-order valence-corrected chi connectivity index (χ0v) is 15.6. The van der Waals surface area contributed by atoms with Crippen LogP contribution in [0.1, 0.15) is 30.3 Å². The predicted molar refractivity (Wildman–Crippen MR) is 108 cm³/mol. The maximum absolute atomic E-state index is 12.9. The van der Waals surface area contributed by atoms with Gasteiger partial charge in [-0.15, -0.1) is 0 Å². The van der Waals surface area contributed by atoms with Crippen molar-refractivity contribution in [1.82, 2.24) is 14.9 Å². The SMILES string of the molecule is CCCCNC(=O)c1c(-c2ccccc2)nc(-c2ccccc2)c(=O)n1C. The minimum Gasteiger partial charge on any atom is -0.351 e. The van der Waals surface area contributed by atoms with E-state index in [1.54, 1.807) is 7.05 Å². The number of nitrogens with zero attached hydrogens (tertiary/aromatic N) is 2. The molecule has 3 aromatic rings. The summed E-state index contributed by atoms with van der Waals surface area (Å²) in [4.78, 5) is 30.4. The van der Waals surface area contributed by atoms with E-state index in [0.717, 1.165) is 24.0 Å². The van der Waals surface area contributed by atoms with Crippen LogP contribution in [0, 0.1) is 0 Å². The first-order valence-electron chi connectivity index (χ1n) is 9.13. The number of nitrogens with one attached hydrogen (secondary N) is 1. The van der Waals surface area contributed by atoms with E-state index >= 15 is 0 Å². The van der Waals surface area contributed by atoms with E-state index < -0.39 is 0 Å². The Morgan fingerprint density at radius 2 is 1.52 bits per heavy atom. The van der Waals surface area contributed by atoms with Crippen LogP contribution >= 0.6 is 0 Å². The van der Waals surface area contributed by atoms with E-state index in [2.05, 4.69) is 17.2 Å². The van der Waals surface area contributed by atoms with Crippen molar-refractivity contribution in [3.8, 4) is 22.5 Å². The fourth-order valence-electron chi connectivity index (χ4n) is 2.94. The third kappa shape index (κ3) is 3.97. The summed E-state index contributed by atoms with van der Waals surface area (Å²) in [5.41, 5.74) is 2.36. The fourth-order valence-corrected chi connectivity index (χ4v) is 2.94. The molecule has 1 amide bonds. The summed E-state index contributed by atoms with van der Waals surface area (Å²) in [5, 5.41) is 2.90. The Labute approximate surface area is 158 Å². The lowest BCUT2D eigenvalue weighted by molar-refractivity contribution is 0.0944. The van der Waals surface area contributed by atoms with Crippen LogP contribution < -0.4 is 10.9 Å². The Hall–Kier alpha value is -3.21. The van der Waals surface area contributed by atoms with Crippen LogP contribution in [-0.2, 0) is 7.05 Å². The largest absolute Gasteiger partial charge is 0.351 e. The Bertz CT molecular complexity index is 980. The number of hydrogen-bond acceptors (Lipinski definition) is 3. The molecule has 0 aliphatic rings. The van der Waals surface area contributed by atoms with Crippen molar-refractivity contribution in [3.63, 3.8) is 0 Å². The second-order valence-electron chi connectivity index (χ2n) is 6.36. The number of carbonyl (C=O) groups is 1. The van der Waals surface area contributed by atoms with Gasteiger partial charge in [-0.1, -0.05) is 74.0 Å². The van der Waals surface area contributed by atoms with Gasteiger partial charge in [-0.25, -0.2) is 4.98 Å². The van der Waals surface area contributed by atoms with Crippen molar-refractivity contribution in [2.75, 3.05) is 6.54 Å². The highest BCUT2D eigenvalue weighted by Crippen LogP contribution is 2.23. The molecule has 0 atom stereocenters. The van der Waals surface area contributed by atoms with Gasteiger partial charge in [0, 0.05) is 24.7 Å². The number of benzene rings is 2. The molecule has 0 aliphatic heterocycles. The number of rotatable bonds is 6. The molecule has 5 nitrogen and oxygen atoms in total. The molecule has 0 spiro atoms. The van der Waals surface area contributed by atoms with E-state index in [1.807, 2.05) is 60.7 Å². The Kier molecular flexibility index (Phi) is 5.81. The molecule has 0 fully saturated rings. The smallest absolute Gasteiger partial charge is 0.277 e. The normalized spacial score (nSPS) is 10.6. The molecule has 0 aliphatic carbocycles. The third-order valence-corrected chi connectivity index (χ3v) is 4.42. The molecular formula is C22H23N3O2. The molecule has 1 N–H and O–H groups in total. The summed E-state index contributed by atoms with van der Waals surface area (Å²) in [7, 11) is 1.62. The highest BCUT2D eigenvalue weighted by atomic mass is 16.2. The van der Waals surface area contributed by atoms with Crippen molar-refractivity contribution in [2.24, 2.45) is 7.05 Å². The minimum absolute atomic E-state index is 0.280. The van der Waals surface area contributed by atoms with Gasteiger partial charge in [0.25, 0.3) is 11.5 Å². The molecular weight excluding hydrogens is 338 g/mol. The van der Waals surface area contributed by atoms with Crippen molar-refractivity contribution < 1.29 is 4.79 Å². The zero-order chi connectivity index (χ0) is 19.2. The average Bonchev–Trinajstić information content (AvgIpc) is 2.71. The van der Waals surface area contributed by atoms with Crippen molar-refractivity contribution in [3.05, 3.63) is 76.7 Å². The number of carbonyl (C=O) groups excluding carboxylic acids is 1. The van der Waals surface area contributed by atoms with Gasteiger partial charge in [-0.05, 0) is 6.42 Å². The van der Waals surface area contributed by atoms with E-state index in [4.69, 9.17) is 0 Å². The van der Waals surface area contributed by atoms with Gasteiger partial charge in [-0.3, -0.25) is 9.59 Å². The lowest BCUT2D eigenvalue weighted by atomic mass is 10.1. The third-order valence-electron chi connectivity index (χ3n) is 4.42. The van der Waals surface area contributed by atoms with Crippen molar-refractivity contribution in [2.45, 2.75) is 19.8 Å². The summed E-state index contributed by atoms with van der Waals surface area (Å²) < 4.78 is 1.40. The van der Waals surface area contributed by atoms with Gasteiger partial charge in [0.2, 0.25) is 0 Å². The molecule has 0 saturated carbocycles. The van der Waals surface area contributed by atoms with Gasteiger partial charge in [0.1, 0.15) is 17.1 Å². The molecule has 5 heteroatoms. The number of aromatic nitrogens is 2. The van der Waals surface area contributed by atoms with E-state index in [9.17, 15) is 9.59 Å². The van der Waals surface area contributed by atoms with Gasteiger partial charge >= 0.3 is 0 Å². The number of hydrogen-bond donors (Lipinski definition) is 1. The van der Waals surface area contributed by atoms with Gasteiger partial charge in [-0.2, -0.15) is 0 Å². The van der Waals surface area contributed by atoms with Gasteiger partial charge in [0.05, 0.1) is 0 Å². The molecule has 1 aromatic heterocycles. The van der Waals surface area contributed by atoms with Crippen molar-refractivity contribution >= 4 is 5.91 Å². The van der Waals surface area contributed by atoms with Crippen LogP contribution in [0.4, 0.5) is 0 Å². The summed E-state index contributed by atoms with van der Waals surface area (Å²) in [6.07, 6.45) is 1.87. The zero-order valence-electron chi connectivity index (χ0n) is 15.6. The van der Waals surface area contributed by atoms with Crippen molar-refractivity contribution in [1.29, 1.82) is 0 Å². The lowest BCUT2D eigenvalue weighted by Gasteiger charge is -2.15. The molecule has 0 unspecified atom stereocenters. The molecule has 2 aromatic carbocycles. The predicted octanol–water partition coefficient (Wildman–Crippen LogP) is 3.64. The van der Waals surface area contributed by atoms with E-state index in [0.29, 0.717) is 17.9 Å². The quantitative estimate of drug-likeness (QED) is 0.682. The molecule has 0 saturated heterocycles. The van der Waals surface area contributed by atoms with Crippen LogP contribution in [-0.4, -0.2) is 22.0 Å². The topological polar surface area (TPSA) is 64.0 Å². The monoisotopic (exact) mass is 361 g/mol. The van der Waals surface area contributed by atoms with Gasteiger partial charge < -0.3 is 9.88 Å². The Morgan fingerprint density at radius 3 is 2.07 bits per heavy atom. The first-order valence-corrected chi connectivity index (χ1v) is 9.13. The standard InChI is InChI=1S/C22H23N3O2/c1-3-4-15-23-21(26)20-18(16-11-7-5-8-12-16)24-19(22(27)25(20)2)17-13-9-6-10-14-17/h5-14H,3-4,15H2,1-2H3,(H,23,26). The molecule has 0 bridgehead atoms. The number of amides is 1. The molecule has 3 rings (SSSR count). The van der Waals surface area contributed by atoms with Crippen LogP contribution in [0.3, 0.4) is 0 Å². The van der Waals surface area contributed by atoms with E-state index in [1.165, 1.54) is 4.57 Å². The van der Waals surface area contributed by atoms with Crippen LogP contribution in [0.2, 0.25) is 0 Å². The molecule has 138 valence electrons. The van der Waals surface area contributed by atoms with Crippen LogP contribution in [0.5, 0.6) is 0 Å². The summed E-state index contributed by atoms with van der Waals surface area (Å²) in [6, 6.07) is 18.8. The summed E-state index contributed by atoms with van der Waals surface area (Å²) >= 11 is 0. The average molecular weight is 361 g/mol. The highest BCUT2D eigenvalue weighted by Gasteiger charge is 2.21. The van der Waals surface area contributed by atoms with Crippen LogP contribution in [0.25, 0.3) is 22.5 Å². The maximum atomic E-state index is 12.9. The van der Waals surface area contributed by atoms with Gasteiger partial charge in [0.15, 0.2) is 0 Å². The molecule has 0 radical (unpaired) electrons. The first-order chi connectivity index (χ1) is 13.1. The summed E-state index contributed by atoms with van der Waals surface area (Å²) in [5.74, 6) is -0.283. The first kappa shape index (κ1) is 18.6. The minimum atomic E-state index is -0.290. The molecule has 1 heterocycles. The highest BCUT2D eigenvalue weighted by molar-refractivity contribution is 5.98. The number of unbranched alkanes of at least 4 members (excludes halogenated alkanes) is 1. The molecule has 27 heavy (non-hydrogen) atoms.